The number of aliphatic hydroxyl groups is 1. The van der Waals surface area contributed by atoms with Crippen LogP contribution in [0.25, 0.3) is 5.00 Å². The molecule has 62 heavy (non-hydrogen) atoms. The number of phenolic OH excluding ortho intramolecular Hbond substituents is 1. The van der Waals surface area contributed by atoms with Gasteiger partial charge in [-0.25, -0.2) is 8.78 Å². The number of hydrogen-bond donors (Lipinski definition) is 2. The number of anilines is 2. The molecule has 320 valence electrons. The van der Waals surface area contributed by atoms with Crippen molar-refractivity contribution in [1.29, 1.82) is 0 Å². The molecule has 12 heteroatoms. The van der Waals surface area contributed by atoms with Gasteiger partial charge in [-0.15, -0.1) is 21.5 Å². The van der Waals surface area contributed by atoms with E-state index in [1.165, 1.54) is 16.5 Å². The van der Waals surface area contributed by atoms with E-state index in [1.54, 1.807) is 23.5 Å². The van der Waals surface area contributed by atoms with Crippen LogP contribution in [-0.4, -0.2) is 87.0 Å². The first kappa shape index (κ1) is 40.6. The minimum atomic E-state index is -0.735. The topological polar surface area (TPSA) is 93.2 Å². The van der Waals surface area contributed by atoms with Gasteiger partial charge in [0.2, 0.25) is 0 Å². The number of piperidine rings is 1. The molecule has 0 saturated carbocycles. The molecule has 0 radical (unpaired) electrons. The van der Waals surface area contributed by atoms with Crippen molar-refractivity contribution < 1.29 is 19.0 Å². The van der Waals surface area contributed by atoms with Crippen LogP contribution in [0.2, 0.25) is 0 Å². The van der Waals surface area contributed by atoms with E-state index >= 15 is 4.39 Å². The van der Waals surface area contributed by atoms with Crippen LogP contribution in [0.1, 0.15) is 99.5 Å². The smallest absolute Gasteiger partial charge is 0.162 e. The predicted octanol–water partition coefficient (Wildman–Crippen LogP) is 9.17. The van der Waals surface area contributed by atoms with Crippen LogP contribution >= 0.6 is 11.3 Å². The number of aliphatic imine (C=N–C) groups is 1. The number of piperazine rings is 1. The SMILES string of the molecule is Cc1sc2c(c1C)C(c1ccc(N3CCC(O)(CN4CCN(c5ccc([C@H]6c7ccc(O)cc7CC[C@H]6c6ccc(F)cc6F)cc5)CC4)CC3)cc1)=N[C@@H](C)c1nnc(C)n1-2. The van der Waals surface area contributed by atoms with Crippen molar-refractivity contribution >= 4 is 28.4 Å². The molecule has 0 unspecified atom stereocenters. The van der Waals surface area contributed by atoms with Crippen molar-refractivity contribution in [2.45, 2.75) is 76.9 Å². The lowest BCUT2D eigenvalue weighted by Gasteiger charge is -2.44. The van der Waals surface area contributed by atoms with Gasteiger partial charge in [-0.05, 0) is 130 Å². The Balaban J connectivity index is 0.765. The van der Waals surface area contributed by atoms with Crippen LogP contribution in [0, 0.1) is 32.4 Å². The van der Waals surface area contributed by atoms with Crippen LogP contribution in [0.3, 0.4) is 0 Å². The minimum absolute atomic E-state index is 0.124. The van der Waals surface area contributed by atoms with Crippen molar-refractivity contribution in [3.63, 3.8) is 0 Å². The van der Waals surface area contributed by atoms with Gasteiger partial charge in [0.1, 0.15) is 34.3 Å². The van der Waals surface area contributed by atoms with Gasteiger partial charge in [-0.3, -0.25) is 14.5 Å². The summed E-state index contributed by atoms with van der Waals surface area (Å²) in [6.45, 7) is 14.1. The van der Waals surface area contributed by atoms with Crippen molar-refractivity contribution in [2.75, 3.05) is 55.6 Å². The second-order valence-electron chi connectivity index (χ2n) is 17.8. The number of hydrogen-bond acceptors (Lipinski definition) is 9. The van der Waals surface area contributed by atoms with E-state index in [0.29, 0.717) is 37.8 Å². The zero-order valence-corrected chi connectivity index (χ0v) is 36.6. The maximum Gasteiger partial charge on any atom is 0.162 e. The third kappa shape index (κ3) is 7.39. The number of rotatable bonds is 7. The molecule has 10 rings (SSSR count). The lowest BCUT2D eigenvalue weighted by Crippen LogP contribution is -2.55. The summed E-state index contributed by atoms with van der Waals surface area (Å²) < 4.78 is 31.3. The summed E-state index contributed by atoms with van der Waals surface area (Å²) in [6, 6.07) is 26.7. The van der Waals surface area contributed by atoms with Gasteiger partial charge in [0.15, 0.2) is 5.82 Å². The zero-order chi connectivity index (χ0) is 42.9. The quantitative estimate of drug-likeness (QED) is 0.166. The van der Waals surface area contributed by atoms with E-state index in [9.17, 15) is 14.6 Å². The van der Waals surface area contributed by atoms with E-state index in [0.717, 1.165) is 107 Å². The van der Waals surface area contributed by atoms with Gasteiger partial charge >= 0.3 is 0 Å². The Hall–Kier alpha value is -5.43. The highest BCUT2D eigenvalue weighted by Gasteiger charge is 2.37. The molecule has 4 aromatic carbocycles. The minimum Gasteiger partial charge on any atom is -0.508 e. The first-order valence-electron chi connectivity index (χ1n) is 22.0. The molecule has 4 aliphatic rings. The monoisotopic (exact) mass is 853 g/mol. The molecule has 1 aliphatic carbocycles. The average Bonchev–Trinajstić information content (AvgIpc) is 3.76. The number of halogens is 2. The van der Waals surface area contributed by atoms with Gasteiger partial charge in [-0.1, -0.05) is 36.4 Å². The highest BCUT2D eigenvalue weighted by molar-refractivity contribution is 7.15. The van der Waals surface area contributed by atoms with Crippen LogP contribution in [0.15, 0.2) is 89.9 Å². The standard InChI is InChI=1S/C50H53F2N7O2S/c1-30-32(3)62-49-45(30)47(53-31(2)48-55-54-33(4)59(48)49)35-7-13-38(14-8-35)57-21-19-50(61,20-22-57)29-56-23-25-58(26-24-56)39-11-5-34(6-12-39)46-41-18-15-40(60)27-36(41)9-16-43(46)42-17-10-37(51)28-44(42)52/h5-8,10-15,17-18,27-28,31,43,46,60-61H,9,16,19-26,29H2,1-4H3/t31-,43-,46-/m0/s1. The molecule has 2 fully saturated rings. The maximum atomic E-state index is 15.2. The summed E-state index contributed by atoms with van der Waals surface area (Å²) in [5.41, 5.74) is 9.80. The second-order valence-corrected chi connectivity index (χ2v) is 19.0. The fourth-order valence-corrected chi connectivity index (χ4v) is 11.7. The van der Waals surface area contributed by atoms with Gasteiger partial charge in [0.05, 0.1) is 11.3 Å². The summed E-state index contributed by atoms with van der Waals surface area (Å²) in [4.78, 5) is 13.7. The van der Waals surface area contributed by atoms with Gasteiger partial charge in [0.25, 0.3) is 0 Å². The maximum absolute atomic E-state index is 15.2. The first-order chi connectivity index (χ1) is 29.9. The summed E-state index contributed by atoms with van der Waals surface area (Å²) >= 11 is 1.77. The normalized spacial score (nSPS) is 21.2. The zero-order valence-electron chi connectivity index (χ0n) is 35.8. The Morgan fingerprint density at radius 2 is 1.47 bits per heavy atom. The molecule has 2 saturated heterocycles. The van der Waals surface area contributed by atoms with Crippen LogP contribution < -0.4 is 9.80 Å². The third-order valence-corrected chi connectivity index (χ3v) is 15.2. The summed E-state index contributed by atoms with van der Waals surface area (Å²) in [5.74, 6) is 0.603. The molecule has 5 heterocycles. The number of aromatic hydroxyl groups is 1. The Labute approximate surface area is 366 Å². The Morgan fingerprint density at radius 1 is 0.790 bits per heavy atom. The number of phenols is 1. The van der Waals surface area contributed by atoms with E-state index in [1.807, 2.05) is 19.1 Å². The molecule has 0 amide bonds. The van der Waals surface area contributed by atoms with Gasteiger partial charge < -0.3 is 20.0 Å². The molecule has 3 aliphatic heterocycles. The molecule has 0 bridgehead atoms. The van der Waals surface area contributed by atoms with E-state index in [4.69, 9.17) is 4.99 Å². The van der Waals surface area contributed by atoms with Crippen molar-refractivity contribution in [3.8, 4) is 10.8 Å². The number of fused-ring (bicyclic) bond motifs is 4. The lowest BCUT2D eigenvalue weighted by molar-refractivity contribution is -0.0173. The Kier molecular flexibility index (Phi) is 10.5. The fourth-order valence-electron chi connectivity index (χ4n) is 10.5. The number of aromatic nitrogens is 3. The number of benzene rings is 4. The highest BCUT2D eigenvalue weighted by atomic mass is 32.1. The van der Waals surface area contributed by atoms with Crippen molar-refractivity contribution in [2.24, 2.45) is 4.99 Å². The molecular formula is C50H53F2N7O2S. The number of β-amino-alcohol motifs (C(OH)–C–C–N with tert-alkyl or cyclic N) is 1. The van der Waals surface area contributed by atoms with E-state index in [-0.39, 0.29) is 23.6 Å². The number of nitrogens with zero attached hydrogens (tertiary/aromatic N) is 7. The average molecular weight is 854 g/mol. The Morgan fingerprint density at radius 3 is 2.18 bits per heavy atom. The lowest BCUT2D eigenvalue weighted by atomic mass is 9.69. The molecular weight excluding hydrogens is 801 g/mol. The van der Waals surface area contributed by atoms with Gasteiger partial charge in [0, 0.05) is 85.2 Å². The van der Waals surface area contributed by atoms with E-state index < -0.39 is 17.2 Å². The van der Waals surface area contributed by atoms with Crippen molar-refractivity contribution in [1.82, 2.24) is 19.7 Å². The number of thiophene rings is 1. The van der Waals surface area contributed by atoms with Crippen LogP contribution in [0.5, 0.6) is 5.75 Å². The molecule has 9 nitrogen and oxygen atoms in total. The molecule has 6 aromatic rings. The molecule has 0 spiro atoms. The molecule has 2 N–H and O–H groups in total. The third-order valence-electron chi connectivity index (χ3n) is 14.0. The number of aryl methyl sites for hydroxylation is 3. The Bertz CT molecular complexity index is 2660. The summed E-state index contributed by atoms with van der Waals surface area (Å²) in [5, 5.41) is 32.1. The molecule has 2 aromatic heterocycles. The van der Waals surface area contributed by atoms with Gasteiger partial charge in [-0.2, -0.15) is 0 Å². The summed E-state index contributed by atoms with van der Waals surface area (Å²) in [7, 11) is 0. The first-order valence-corrected chi connectivity index (χ1v) is 22.8. The van der Waals surface area contributed by atoms with Crippen LogP contribution in [0.4, 0.5) is 20.2 Å². The largest absolute Gasteiger partial charge is 0.508 e. The second kappa shape index (κ2) is 16.0. The summed E-state index contributed by atoms with van der Waals surface area (Å²) in [6.07, 6.45) is 2.84. The van der Waals surface area contributed by atoms with Crippen LogP contribution in [-0.2, 0) is 6.42 Å². The van der Waals surface area contributed by atoms with Crippen molar-refractivity contribution in [3.05, 3.63) is 152 Å². The highest BCUT2D eigenvalue weighted by Crippen LogP contribution is 2.48. The predicted molar refractivity (Wildman–Crippen MR) is 243 cm³/mol. The molecule has 3 atom stereocenters. The van der Waals surface area contributed by atoms with E-state index in [2.05, 4.69) is 98.8 Å². The fraction of sp³-hybridized carbons (Fsp3) is 0.380.